The summed E-state index contributed by atoms with van der Waals surface area (Å²) in [6, 6.07) is 0. The number of H-pyrrole nitrogens is 1. The second-order valence-corrected chi connectivity index (χ2v) is 3.43. The van der Waals surface area contributed by atoms with E-state index < -0.39 is 5.97 Å². The second-order valence-electron chi connectivity index (χ2n) is 2.55. The number of carbonyl (C=O) groups is 1. The number of hydrogen-bond acceptors (Lipinski definition) is 5. The highest BCUT2D eigenvalue weighted by Crippen LogP contribution is 2.20. The summed E-state index contributed by atoms with van der Waals surface area (Å²) >= 11 is 1.18. The highest BCUT2D eigenvalue weighted by atomic mass is 32.1. The predicted octanol–water partition coefficient (Wildman–Crippen LogP) is 0.771. The summed E-state index contributed by atoms with van der Waals surface area (Å²) < 4.78 is 5.00. The molecular formula is C8H6N2O3S. The van der Waals surface area contributed by atoms with Crippen molar-refractivity contribution in [3.8, 4) is 0 Å². The van der Waals surface area contributed by atoms with Crippen LogP contribution in [0.15, 0.2) is 16.5 Å². The Morgan fingerprint density at radius 3 is 3.14 bits per heavy atom. The van der Waals surface area contributed by atoms with Crippen LogP contribution in [0.1, 0.15) is 10.4 Å². The number of rotatable bonds is 1. The maximum Gasteiger partial charge on any atom is 0.340 e. The third kappa shape index (κ3) is 1.20. The lowest BCUT2D eigenvalue weighted by Crippen LogP contribution is -2.06. The molecule has 0 atom stereocenters. The molecule has 0 aliphatic rings. The van der Waals surface area contributed by atoms with Crippen LogP contribution in [0.5, 0.6) is 0 Å². The first-order valence-corrected chi connectivity index (χ1v) is 4.65. The Morgan fingerprint density at radius 2 is 2.43 bits per heavy atom. The van der Waals surface area contributed by atoms with Crippen LogP contribution in [0.4, 0.5) is 0 Å². The average Bonchev–Trinajstić information content (AvgIpc) is 2.62. The van der Waals surface area contributed by atoms with E-state index in [1.165, 1.54) is 24.8 Å². The average molecular weight is 210 g/mol. The van der Waals surface area contributed by atoms with Gasteiger partial charge in [-0.25, -0.2) is 9.78 Å². The summed E-state index contributed by atoms with van der Waals surface area (Å²) in [7, 11) is 1.29. The molecule has 0 bridgehead atoms. The maximum atomic E-state index is 11.3. The van der Waals surface area contributed by atoms with E-state index in [-0.39, 0.29) is 5.56 Å². The summed E-state index contributed by atoms with van der Waals surface area (Å²) in [5.41, 5.74) is 0.486. The standard InChI is InChI=1S/C8H6N2O3S/c1-13-8(12)4-2-14-6-5(4)9-3-10-7(6)11/h2-3H,1H3,(H,9,10,11). The molecule has 0 aromatic carbocycles. The van der Waals surface area contributed by atoms with Gasteiger partial charge in [0.2, 0.25) is 0 Å². The maximum absolute atomic E-state index is 11.3. The zero-order chi connectivity index (χ0) is 10.1. The number of fused-ring (bicyclic) bond motifs is 1. The number of methoxy groups -OCH3 is 1. The molecule has 5 nitrogen and oxygen atoms in total. The molecule has 6 heteroatoms. The van der Waals surface area contributed by atoms with Crippen molar-refractivity contribution in [3.05, 3.63) is 27.6 Å². The van der Waals surface area contributed by atoms with Gasteiger partial charge in [-0.15, -0.1) is 11.3 Å². The fraction of sp³-hybridized carbons (Fsp3) is 0.125. The molecule has 0 radical (unpaired) electrons. The molecule has 0 fully saturated rings. The number of carbonyl (C=O) groups excluding carboxylic acids is 1. The minimum absolute atomic E-state index is 0.241. The minimum Gasteiger partial charge on any atom is -0.465 e. The topological polar surface area (TPSA) is 72.1 Å². The molecule has 0 spiro atoms. The number of aromatic amines is 1. The normalized spacial score (nSPS) is 10.4. The molecule has 72 valence electrons. The van der Waals surface area contributed by atoms with Gasteiger partial charge in [0.15, 0.2) is 0 Å². The summed E-state index contributed by atoms with van der Waals surface area (Å²) in [5.74, 6) is -0.477. The molecule has 0 aliphatic heterocycles. The van der Waals surface area contributed by atoms with Gasteiger partial charge in [0.25, 0.3) is 5.56 Å². The van der Waals surface area contributed by atoms with Crippen molar-refractivity contribution in [3.63, 3.8) is 0 Å². The van der Waals surface area contributed by atoms with E-state index in [0.29, 0.717) is 15.8 Å². The van der Waals surface area contributed by atoms with Gasteiger partial charge < -0.3 is 9.72 Å². The van der Waals surface area contributed by atoms with Gasteiger partial charge in [0.05, 0.1) is 19.0 Å². The fourth-order valence-corrected chi connectivity index (χ4v) is 2.00. The van der Waals surface area contributed by atoms with E-state index in [1.54, 1.807) is 5.38 Å². The second kappa shape index (κ2) is 3.22. The van der Waals surface area contributed by atoms with Gasteiger partial charge in [0.1, 0.15) is 10.2 Å². The first-order valence-electron chi connectivity index (χ1n) is 3.77. The molecule has 2 rings (SSSR count). The Labute approximate surface area is 82.4 Å². The minimum atomic E-state index is -0.477. The molecule has 2 aromatic rings. The Morgan fingerprint density at radius 1 is 1.64 bits per heavy atom. The van der Waals surface area contributed by atoms with Crippen molar-refractivity contribution in [2.45, 2.75) is 0 Å². The van der Waals surface area contributed by atoms with Crippen molar-refractivity contribution in [2.24, 2.45) is 0 Å². The van der Waals surface area contributed by atoms with E-state index in [0.717, 1.165) is 0 Å². The summed E-state index contributed by atoms with van der Waals surface area (Å²) in [5, 5.41) is 1.57. The zero-order valence-electron chi connectivity index (χ0n) is 7.23. The zero-order valence-corrected chi connectivity index (χ0v) is 8.05. The third-order valence-corrected chi connectivity index (χ3v) is 2.73. The van der Waals surface area contributed by atoms with Crippen LogP contribution >= 0.6 is 11.3 Å². The van der Waals surface area contributed by atoms with E-state index in [2.05, 4.69) is 14.7 Å². The number of thiophene rings is 1. The molecule has 14 heavy (non-hydrogen) atoms. The molecule has 1 N–H and O–H groups in total. The lowest BCUT2D eigenvalue weighted by molar-refractivity contribution is 0.0603. The van der Waals surface area contributed by atoms with Crippen LogP contribution in [-0.4, -0.2) is 23.0 Å². The molecule has 0 saturated heterocycles. The van der Waals surface area contributed by atoms with Crippen LogP contribution in [0.25, 0.3) is 10.2 Å². The number of esters is 1. The van der Waals surface area contributed by atoms with Crippen molar-refractivity contribution in [2.75, 3.05) is 7.11 Å². The van der Waals surface area contributed by atoms with Crippen LogP contribution in [-0.2, 0) is 4.74 Å². The predicted molar refractivity (Wildman–Crippen MR) is 51.6 cm³/mol. The molecule has 0 unspecified atom stereocenters. The van der Waals surface area contributed by atoms with Gasteiger partial charge >= 0.3 is 5.97 Å². The largest absolute Gasteiger partial charge is 0.465 e. The Balaban J connectivity index is 2.76. The first kappa shape index (κ1) is 8.89. The first-order chi connectivity index (χ1) is 6.74. The van der Waals surface area contributed by atoms with E-state index >= 15 is 0 Å². The molecular weight excluding hydrogens is 204 g/mol. The number of aromatic nitrogens is 2. The monoisotopic (exact) mass is 210 g/mol. The smallest absolute Gasteiger partial charge is 0.340 e. The molecule has 2 heterocycles. The van der Waals surface area contributed by atoms with Gasteiger partial charge in [0, 0.05) is 5.38 Å². The van der Waals surface area contributed by atoms with Crippen LogP contribution in [0.3, 0.4) is 0 Å². The van der Waals surface area contributed by atoms with Crippen molar-refractivity contribution < 1.29 is 9.53 Å². The molecule has 0 aliphatic carbocycles. The van der Waals surface area contributed by atoms with Crippen molar-refractivity contribution in [1.29, 1.82) is 0 Å². The number of nitrogens with one attached hydrogen (secondary N) is 1. The lowest BCUT2D eigenvalue weighted by atomic mass is 10.3. The molecule has 0 amide bonds. The highest BCUT2D eigenvalue weighted by Gasteiger charge is 2.14. The molecule has 0 saturated carbocycles. The fourth-order valence-electron chi connectivity index (χ4n) is 1.12. The quantitative estimate of drug-likeness (QED) is 0.706. The van der Waals surface area contributed by atoms with E-state index in [9.17, 15) is 9.59 Å². The van der Waals surface area contributed by atoms with Crippen LogP contribution < -0.4 is 5.56 Å². The Kier molecular flexibility index (Phi) is 2.05. The summed E-state index contributed by atoms with van der Waals surface area (Å²) in [6.07, 6.45) is 1.27. The van der Waals surface area contributed by atoms with Gasteiger partial charge in [-0.1, -0.05) is 0 Å². The van der Waals surface area contributed by atoms with Crippen LogP contribution in [0.2, 0.25) is 0 Å². The van der Waals surface area contributed by atoms with Gasteiger partial charge in [-0.05, 0) is 0 Å². The third-order valence-electron chi connectivity index (χ3n) is 1.77. The highest BCUT2D eigenvalue weighted by molar-refractivity contribution is 7.17. The van der Waals surface area contributed by atoms with Crippen molar-refractivity contribution >= 4 is 27.5 Å². The number of hydrogen-bond donors (Lipinski definition) is 1. The Bertz CT molecular complexity index is 543. The summed E-state index contributed by atoms with van der Waals surface area (Å²) in [6.45, 7) is 0. The SMILES string of the molecule is COC(=O)c1csc2c(=O)[nH]cnc12. The molecule has 2 aromatic heterocycles. The van der Waals surface area contributed by atoms with E-state index in [4.69, 9.17) is 0 Å². The van der Waals surface area contributed by atoms with Gasteiger partial charge in [-0.3, -0.25) is 4.79 Å². The van der Waals surface area contributed by atoms with Crippen molar-refractivity contribution in [1.82, 2.24) is 9.97 Å². The number of ether oxygens (including phenoxy) is 1. The Hall–Kier alpha value is -1.69. The lowest BCUT2D eigenvalue weighted by Gasteiger charge is -1.94. The van der Waals surface area contributed by atoms with E-state index in [1.807, 2.05) is 0 Å². The van der Waals surface area contributed by atoms with Gasteiger partial charge in [-0.2, -0.15) is 0 Å². The van der Waals surface area contributed by atoms with Crippen LogP contribution in [0, 0.1) is 0 Å². The number of nitrogens with zero attached hydrogens (tertiary/aromatic N) is 1. The summed E-state index contributed by atoms with van der Waals surface area (Å²) in [4.78, 5) is 28.9.